The molecule has 0 aliphatic rings. The Morgan fingerprint density at radius 3 is 2.06 bits per heavy atom. The van der Waals surface area contributed by atoms with E-state index in [1.807, 2.05) is 61.5 Å². The van der Waals surface area contributed by atoms with E-state index in [-0.39, 0.29) is 17.2 Å². The molecule has 3 rings (SSSR count). The lowest BCUT2D eigenvalue weighted by molar-refractivity contribution is -0.141. The molecule has 0 unspecified atom stereocenters. The molecule has 0 radical (unpaired) electrons. The summed E-state index contributed by atoms with van der Waals surface area (Å²) in [5, 5.41) is 2.95. The number of hydrogen-bond donors (Lipinski definition) is 1. The number of hydrogen-bond acceptors (Lipinski definition) is 2. The first kappa shape index (κ1) is 27.7. The van der Waals surface area contributed by atoms with E-state index in [2.05, 4.69) is 66.3 Å². The van der Waals surface area contributed by atoms with Gasteiger partial charge in [-0.15, -0.1) is 0 Å². The standard InChI is InChI=1S/C31H37BrN2O2/c1-5-33-30(36)28(21-24-9-7-6-8-10-24)34(22-25-13-18-27(32)19-14-25)29(35)20-15-23-11-16-26(17-12-23)31(2,3)4/h6-14,16-19,28H,5,15,20-22H2,1-4H3,(H,33,36)/t28-/m0/s1. The van der Waals surface area contributed by atoms with Crippen molar-refractivity contribution in [1.29, 1.82) is 0 Å². The zero-order valence-corrected chi connectivity index (χ0v) is 23.3. The van der Waals surface area contributed by atoms with Crippen molar-refractivity contribution < 1.29 is 9.59 Å². The van der Waals surface area contributed by atoms with Gasteiger partial charge in [-0.3, -0.25) is 9.59 Å². The van der Waals surface area contributed by atoms with E-state index in [1.54, 1.807) is 4.90 Å². The summed E-state index contributed by atoms with van der Waals surface area (Å²) in [6.07, 6.45) is 1.44. The molecule has 0 aliphatic heterocycles. The molecule has 0 spiro atoms. The minimum absolute atomic E-state index is 0.0231. The van der Waals surface area contributed by atoms with Gasteiger partial charge in [0, 0.05) is 30.4 Å². The van der Waals surface area contributed by atoms with Crippen molar-refractivity contribution in [2.24, 2.45) is 0 Å². The number of carbonyl (C=O) groups is 2. The van der Waals surface area contributed by atoms with E-state index in [9.17, 15) is 9.59 Å². The Hall–Kier alpha value is -2.92. The van der Waals surface area contributed by atoms with Gasteiger partial charge >= 0.3 is 0 Å². The smallest absolute Gasteiger partial charge is 0.243 e. The van der Waals surface area contributed by atoms with Crippen LogP contribution in [0.3, 0.4) is 0 Å². The molecule has 1 atom stereocenters. The van der Waals surface area contributed by atoms with Crippen molar-refractivity contribution in [3.8, 4) is 0 Å². The average Bonchev–Trinajstić information content (AvgIpc) is 2.86. The Bertz CT molecular complexity index is 1120. The van der Waals surface area contributed by atoms with E-state index in [4.69, 9.17) is 0 Å². The van der Waals surface area contributed by atoms with Crippen LogP contribution in [0.1, 0.15) is 56.4 Å². The van der Waals surface area contributed by atoms with E-state index < -0.39 is 6.04 Å². The van der Waals surface area contributed by atoms with Gasteiger partial charge in [-0.25, -0.2) is 0 Å². The van der Waals surface area contributed by atoms with Gasteiger partial charge in [-0.2, -0.15) is 0 Å². The second-order valence-electron chi connectivity index (χ2n) is 10.2. The lowest BCUT2D eigenvalue weighted by Crippen LogP contribution is -2.50. The van der Waals surface area contributed by atoms with Crippen LogP contribution in [0.4, 0.5) is 0 Å². The third kappa shape index (κ3) is 8.06. The molecular formula is C31H37BrN2O2. The maximum absolute atomic E-state index is 13.7. The molecule has 3 aromatic rings. The highest BCUT2D eigenvalue weighted by Crippen LogP contribution is 2.23. The summed E-state index contributed by atoms with van der Waals surface area (Å²) >= 11 is 3.48. The Morgan fingerprint density at radius 1 is 0.861 bits per heavy atom. The third-order valence-corrected chi connectivity index (χ3v) is 6.86. The van der Waals surface area contributed by atoms with Gasteiger partial charge in [0.2, 0.25) is 11.8 Å². The van der Waals surface area contributed by atoms with Crippen LogP contribution >= 0.6 is 15.9 Å². The van der Waals surface area contributed by atoms with Crippen molar-refractivity contribution in [3.05, 3.63) is 106 Å². The van der Waals surface area contributed by atoms with Gasteiger partial charge in [-0.1, -0.05) is 103 Å². The number of halogens is 1. The molecule has 0 heterocycles. The van der Waals surface area contributed by atoms with Crippen LogP contribution in [-0.2, 0) is 34.4 Å². The van der Waals surface area contributed by atoms with E-state index in [1.165, 1.54) is 5.56 Å². The van der Waals surface area contributed by atoms with Gasteiger partial charge in [0.25, 0.3) is 0 Å². The van der Waals surface area contributed by atoms with Crippen molar-refractivity contribution in [2.75, 3.05) is 6.54 Å². The summed E-state index contributed by atoms with van der Waals surface area (Å²) in [6, 6.07) is 25.7. The predicted octanol–water partition coefficient (Wildman–Crippen LogP) is 6.46. The van der Waals surface area contributed by atoms with Crippen LogP contribution in [0.5, 0.6) is 0 Å². The van der Waals surface area contributed by atoms with E-state index >= 15 is 0 Å². The molecule has 5 heteroatoms. The van der Waals surface area contributed by atoms with Gasteiger partial charge < -0.3 is 10.2 Å². The van der Waals surface area contributed by atoms with Crippen LogP contribution in [0.25, 0.3) is 0 Å². The molecule has 36 heavy (non-hydrogen) atoms. The fourth-order valence-electron chi connectivity index (χ4n) is 4.20. The minimum Gasteiger partial charge on any atom is -0.355 e. The molecule has 1 N–H and O–H groups in total. The lowest BCUT2D eigenvalue weighted by atomic mass is 9.86. The number of nitrogens with one attached hydrogen (secondary N) is 1. The number of aryl methyl sites for hydroxylation is 1. The molecule has 0 bridgehead atoms. The Labute approximate surface area is 224 Å². The number of carbonyl (C=O) groups excluding carboxylic acids is 2. The number of benzene rings is 3. The molecule has 0 aromatic heterocycles. The second kappa shape index (κ2) is 12.9. The fraction of sp³-hybridized carbons (Fsp3) is 0.355. The number of rotatable bonds is 10. The maximum Gasteiger partial charge on any atom is 0.243 e. The number of nitrogens with zero attached hydrogens (tertiary/aromatic N) is 1. The summed E-state index contributed by atoms with van der Waals surface area (Å²) in [7, 11) is 0. The molecule has 0 saturated carbocycles. The molecule has 0 aliphatic carbocycles. The molecule has 0 saturated heterocycles. The van der Waals surface area contributed by atoms with Gasteiger partial charge in [0.1, 0.15) is 6.04 Å². The maximum atomic E-state index is 13.7. The van der Waals surface area contributed by atoms with Gasteiger partial charge in [0.15, 0.2) is 0 Å². The Balaban J connectivity index is 1.85. The highest BCUT2D eigenvalue weighted by atomic mass is 79.9. The van der Waals surface area contributed by atoms with Crippen molar-refractivity contribution in [1.82, 2.24) is 10.2 Å². The molecule has 0 fully saturated rings. The van der Waals surface area contributed by atoms with Crippen LogP contribution in [-0.4, -0.2) is 29.3 Å². The SMILES string of the molecule is CCNC(=O)[C@H](Cc1ccccc1)N(Cc1ccc(Br)cc1)C(=O)CCc1ccc(C(C)(C)C)cc1. The van der Waals surface area contributed by atoms with Crippen molar-refractivity contribution in [2.45, 2.75) is 65.0 Å². The Morgan fingerprint density at radius 2 is 1.47 bits per heavy atom. The zero-order chi connectivity index (χ0) is 26.1. The molecular weight excluding hydrogens is 512 g/mol. The van der Waals surface area contributed by atoms with Crippen LogP contribution in [0.2, 0.25) is 0 Å². The third-order valence-electron chi connectivity index (χ3n) is 6.34. The Kier molecular flexibility index (Phi) is 9.89. The molecule has 3 aromatic carbocycles. The van der Waals surface area contributed by atoms with Crippen molar-refractivity contribution >= 4 is 27.7 Å². The van der Waals surface area contributed by atoms with Crippen molar-refractivity contribution in [3.63, 3.8) is 0 Å². The molecule has 4 nitrogen and oxygen atoms in total. The normalized spacial score (nSPS) is 12.1. The van der Waals surface area contributed by atoms with E-state index in [0.717, 1.165) is 21.2 Å². The largest absolute Gasteiger partial charge is 0.355 e. The first-order valence-electron chi connectivity index (χ1n) is 12.6. The summed E-state index contributed by atoms with van der Waals surface area (Å²) in [4.78, 5) is 28.7. The predicted molar refractivity (Wildman–Crippen MR) is 151 cm³/mol. The summed E-state index contributed by atoms with van der Waals surface area (Å²) < 4.78 is 0.979. The van der Waals surface area contributed by atoms with E-state index in [0.29, 0.717) is 32.4 Å². The summed E-state index contributed by atoms with van der Waals surface area (Å²) in [5.74, 6) is -0.147. The quantitative estimate of drug-likeness (QED) is 0.316. The van der Waals surface area contributed by atoms with Crippen LogP contribution in [0.15, 0.2) is 83.3 Å². The minimum atomic E-state index is -0.591. The average molecular weight is 550 g/mol. The van der Waals surface area contributed by atoms with Crippen LogP contribution in [0, 0.1) is 0 Å². The topological polar surface area (TPSA) is 49.4 Å². The van der Waals surface area contributed by atoms with Gasteiger partial charge in [-0.05, 0) is 53.1 Å². The summed E-state index contributed by atoms with van der Waals surface area (Å²) in [5.41, 5.74) is 4.50. The number of amides is 2. The first-order chi connectivity index (χ1) is 17.2. The fourth-order valence-corrected chi connectivity index (χ4v) is 4.46. The monoisotopic (exact) mass is 548 g/mol. The first-order valence-corrected chi connectivity index (χ1v) is 13.4. The molecule has 2 amide bonds. The number of likely N-dealkylation sites (N-methyl/N-ethyl adjacent to an activating group) is 1. The highest BCUT2D eigenvalue weighted by Gasteiger charge is 2.30. The summed E-state index contributed by atoms with van der Waals surface area (Å²) in [6.45, 7) is 9.38. The molecule has 190 valence electrons. The van der Waals surface area contributed by atoms with Gasteiger partial charge in [0.05, 0.1) is 0 Å². The zero-order valence-electron chi connectivity index (χ0n) is 21.8. The highest BCUT2D eigenvalue weighted by molar-refractivity contribution is 9.10. The lowest BCUT2D eigenvalue weighted by Gasteiger charge is -2.31. The second-order valence-corrected chi connectivity index (χ2v) is 11.1. The van der Waals surface area contributed by atoms with Crippen LogP contribution < -0.4 is 5.32 Å².